The van der Waals surface area contributed by atoms with Gasteiger partial charge in [0.15, 0.2) is 5.82 Å². The van der Waals surface area contributed by atoms with Crippen molar-refractivity contribution in [3.8, 4) is 17.1 Å². The number of rotatable bonds is 3. The molecule has 0 unspecified atom stereocenters. The average Bonchev–Trinajstić information content (AvgIpc) is 2.46. The molecule has 2 rings (SSSR count). The lowest BCUT2D eigenvalue weighted by Gasteiger charge is -2.05. The summed E-state index contributed by atoms with van der Waals surface area (Å²) in [7, 11) is 1.52. The second kappa shape index (κ2) is 5.28. The average molecular weight is 282 g/mol. The highest BCUT2D eigenvalue weighted by molar-refractivity contribution is 5.99. The fourth-order valence-corrected chi connectivity index (χ4v) is 1.50. The van der Waals surface area contributed by atoms with Gasteiger partial charge in [0.1, 0.15) is 5.75 Å². The Morgan fingerprint density at radius 2 is 1.65 bits per heavy atom. The second-order valence-electron chi connectivity index (χ2n) is 3.85. The summed E-state index contributed by atoms with van der Waals surface area (Å²) in [6.07, 6.45) is -3.20. The van der Waals surface area contributed by atoms with Gasteiger partial charge in [-0.1, -0.05) is 0 Å². The Hall–Kier alpha value is -2.44. The zero-order chi connectivity index (χ0) is 14.8. The van der Waals surface area contributed by atoms with Crippen molar-refractivity contribution in [3.05, 3.63) is 42.2 Å². The van der Waals surface area contributed by atoms with E-state index in [1.807, 2.05) is 0 Å². The van der Waals surface area contributed by atoms with E-state index >= 15 is 0 Å². The molecule has 1 heterocycles. The number of hydrogen-bond donors (Lipinski definition) is 0. The molecule has 1 aromatic carbocycles. The first-order valence-corrected chi connectivity index (χ1v) is 5.50. The fourth-order valence-electron chi connectivity index (χ4n) is 1.50. The standard InChI is InChI=1S/C13H9F3N2O2/c1-20-10-4-2-8(3-5-10)12-17-6-9(7-18-12)11(19)13(14,15)16/h2-7H,1H3. The molecular weight excluding hydrogens is 273 g/mol. The molecule has 20 heavy (non-hydrogen) atoms. The quantitative estimate of drug-likeness (QED) is 0.812. The fraction of sp³-hybridized carbons (Fsp3) is 0.154. The summed E-state index contributed by atoms with van der Waals surface area (Å²) in [5.74, 6) is -1.09. The third kappa shape index (κ3) is 2.93. The van der Waals surface area contributed by atoms with Gasteiger partial charge in [-0.25, -0.2) is 9.97 Å². The highest BCUT2D eigenvalue weighted by Crippen LogP contribution is 2.22. The van der Waals surface area contributed by atoms with Crippen LogP contribution >= 0.6 is 0 Å². The van der Waals surface area contributed by atoms with Gasteiger partial charge in [-0.3, -0.25) is 4.79 Å². The smallest absolute Gasteiger partial charge is 0.454 e. The number of nitrogens with zero attached hydrogens (tertiary/aromatic N) is 2. The Labute approximate surface area is 112 Å². The Kier molecular flexibility index (Phi) is 3.69. The maximum Gasteiger partial charge on any atom is 0.454 e. The minimum atomic E-state index is -4.93. The summed E-state index contributed by atoms with van der Waals surface area (Å²) in [5.41, 5.74) is 0.0200. The molecule has 0 spiro atoms. The van der Waals surface area contributed by atoms with Crippen LogP contribution in [0.2, 0.25) is 0 Å². The number of benzene rings is 1. The number of methoxy groups -OCH3 is 1. The number of hydrogen-bond acceptors (Lipinski definition) is 4. The summed E-state index contributed by atoms with van der Waals surface area (Å²) >= 11 is 0. The first kappa shape index (κ1) is 14.0. The summed E-state index contributed by atoms with van der Waals surface area (Å²) in [4.78, 5) is 18.5. The third-order valence-electron chi connectivity index (χ3n) is 2.52. The molecule has 0 aliphatic carbocycles. The van der Waals surface area contributed by atoms with Gasteiger partial charge in [0, 0.05) is 18.0 Å². The highest BCUT2D eigenvalue weighted by atomic mass is 19.4. The van der Waals surface area contributed by atoms with Crippen molar-refractivity contribution in [2.45, 2.75) is 6.18 Å². The zero-order valence-corrected chi connectivity index (χ0v) is 10.3. The number of halogens is 3. The number of aromatic nitrogens is 2. The Morgan fingerprint density at radius 3 is 2.10 bits per heavy atom. The normalized spacial score (nSPS) is 11.2. The van der Waals surface area contributed by atoms with E-state index in [0.29, 0.717) is 11.3 Å². The van der Waals surface area contributed by atoms with E-state index in [9.17, 15) is 18.0 Å². The molecule has 0 radical (unpaired) electrons. The molecule has 0 aliphatic rings. The van der Waals surface area contributed by atoms with Crippen LogP contribution in [0.15, 0.2) is 36.7 Å². The van der Waals surface area contributed by atoms with E-state index in [4.69, 9.17) is 4.74 Å². The topological polar surface area (TPSA) is 52.1 Å². The van der Waals surface area contributed by atoms with E-state index in [1.165, 1.54) is 7.11 Å². The van der Waals surface area contributed by atoms with Crippen LogP contribution in [0.3, 0.4) is 0 Å². The molecule has 4 nitrogen and oxygen atoms in total. The van der Waals surface area contributed by atoms with E-state index in [1.54, 1.807) is 24.3 Å². The Balaban J connectivity index is 2.25. The predicted molar refractivity (Wildman–Crippen MR) is 64.4 cm³/mol. The van der Waals surface area contributed by atoms with Crippen molar-refractivity contribution < 1.29 is 22.7 Å². The van der Waals surface area contributed by atoms with Crippen LogP contribution in [-0.4, -0.2) is 29.0 Å². The first-order valence-electron chi connectivity index (χ1n) is 5.50. The lowest BCUT2D eigenvalue weighted by atomic mass is 10.2. The number of ketones is 1. The molecular formula is C13H9F3N2O2. The number of alkyl halides is 3. The molecule has 0 amide bonds. The zero-order valence-electron chi connectivity index (χ0n) is 10.3. The molecule has 1 aromatic heterocycles. The minimum absolute atomic E-state index is 0.228. The van der Waals surface area contributed by atoms with Crippen molar-refractivity contribution in [2.24, 2.45) is 0 Å². The van der Waals surface area contributed by atoms with Crippen molar-refractivity contribution in [1.29, 1.82) is 0 Å². The van der Waals surface area contributed by atoms with Crippen molar-refractivity contribution in [3.63, 3.8) is 0 Å². The Bertz CT molecular complexity index is 607. The van der Waals surface area contributed by atoms with Gasteiger partial charge < -0.3 is 4.74 Å². The molecule has 0 fully saturated rings. The molecule has 0 aliphatic heterocycles. The van der Waals surface area contributed by atoms with Crippen LogP contribution in [0.25, 0.3) is 11.4 Å². The molecule has 0 bridgehead atoms. The van der Waals surface area contributed by atoms with Crippen LogP contribution in [0.1, 0.15) is 10.4 Å². The summed E-state index contributed by atoms with van der Waals surface area (Å²) in [6, 6.07) is 6.68. The first-order chi connectivity index (χ1) is 9.41. The van der Waals surface area contributed by atoms with Crippen LogP contribution in [0, 0.1) is 0 Å². The highest BCUT2D eigenvalue weighted by Gasteiger charge is 2.39. The van der Waals surface area contributed by atoms with Crippen LogP contribution in [-0.2, 0) is 0 Å². The van der Waals surface area contributed by atoms with Gasteiger partial charge in [-0.15, -0.1) is 0 Å². The molecule has 0 N–H and O–H groups in total. The van der Waals surface area contributed by atoms with E-state index in [0.717, 1.165) is 12.4 Å². The largest absolute Gasteiger partial charge is 0.497 e. The maximum atomic E-state index is 12.2. The summed E-state index contributed by atoms with van der Waals surface area (Å²) in [5, 5.41) is 0. The van der Waals surface area contributed by atoms with Gasteiger partial charge in [-0.05, 0) is 24.3 Å². The number of Topliss-reactive ketones (excluding diaryl/α,β-unsaturated/α-hetero) is 1. The predicted octanol–water partition coefficient (Wildman–Crippen LogP) is 2.90. The van der Waals surface area contributed by atoms with Crippen LogP contribution in [0.5, 0.6) is 5.75 Å². The van der Waals surface area contributed by atoms with Crippen molar-refractivity contribution in [2.75, 3.05) is 7.11 Å². The van der Waals surface area contributed by atoms with Gasteiger partial charge >= 0.3 is 6.18 Å². The summed E-state index contributed by atoms with van der Waals surface area (Å²) in [6.45, 7) is 0. The van der Waals surface area contributed by atoms with Gasteiger partial charge in [0.05, 0.1) is 12.7 Å². The Morgan fingerprint density at radius 1 is 1.10 bits per heavy atom. The summed E-state index contributed by atoms with van der Waals surface area (Å²) < 4.78 is 41.7. The van der Waals surface area contributed by atoms with Crippen molar-refractivity contribution >= 4 is 5.78 Å². The number of carbonyl (C=O) groups is 1. The van der Waals surface area contributed by atoms with Crippen molar-refractivity contribution in [1.82, 2.24) is 9.97 Å². The monoisotopic (exact) mass is 282 g/mol. The van der Waals surface area contributed by atoms with E-state index in [2.05, 4.69) is 9.97 Å². The van der Waals surface area contributed by atoms with E-state index in [-0.39, 0.29) is 5.82 Å². The number of ether oxygens (including phenoxy) is 1. The maximum absolute atomic E-state index is 12.2. The number of carbonyl (C=O) groups excluding carboxylic acids is 1. The third-order valence-corrected chi connectivity index (χ3v) is 2.52. The van der Waals surface area contributed by atoms with E-state index < -0.39 is 17.5 Å². The van der Waals surface area contributed by atoms with Gasteiger partial charge in [-0.2, -0.15) is 13.2 Å². The molecule has 0 atom stereocenters. The molecule has 0 saturated heterocycles. The lowest BCUT2D eigenvalue weighted by Crippen LogP contribution is -2.23. The molecule has 7 heteroatoms. The molecule has 0 saturated carbocycles. The lowest BCUT2D eigenvalue weighted by molar-refractivity contribution is -0.0885. The molecule has 2 aromatic rings. The van der Waals surface area contributed by atoms with Gasteiger partial charge in [0.25, 0.3) is 5.78 Å². The van der Waals surface area contributed by atoms with Crippen LogP contribution < -0.4 is 4.74 Å². The SMILES string of the molecule is COc1ccc(-c2ncc(C(=O)C(F)(F)F)cn2)cc1. The minimum Gasteiger partial charge on any atom is -0.497 e. The second-order valence-corrected chi connectivity index (χ2v) is 3.85. The molecule has 104 valence electrons. The van der Waals surface area contributed by atoms with Crippen LogP contribution in [0.4, 0.5) is 13.2 Å². The van der Waals surface area contributed by atoms with Gasteiger partial charge in [0.2, 0.25) is 0 Å².